The molecule has 0 aliphatic rings. The first-order valence-corrected chi connectivity index (χ1v) is 6.39. The first-order chi connectivity index (χ1) is 9.79. The summed E-state index contributed by atoms with van der Waals surface area (Å²) >= 11 is 0. The number of aliphatic carboxylic acids is 1. The predicted octanol–water partition coefficient (Wildman–Crippen LogP) is 0.992. The SMILES string of the molecule is CC(C)OC(=O)c1ccc(NC(=O)C(N)CC(=O)O)cc1. The van der Waals surface area contributed by atoms with Gasteiger partial charge in [0.05, 0.1) is 24.1 Å². The third-order valence-electron chi connectivity index (χ3n) is 2.46. The van der Waals surface area contributed by atoms with Gasteiger partial charge in [-0.1, -0.05) is 0 Å². The van der Waals surface area contributed by atoms with Crippen molar-refractivity contribution in [2.75, 3.05) is 5.32 Å². The van der Waals surface area contributed by atoms with Crippen LogP contribution in [0.15, 0.2) is 24.3 Å². The van der Waals surface area contributed by atoms with Crippen molar-refractivity contribution in [2.24, 2.45) is 5.73 Å². The summed E-state index contributed by atoms with van der Waals surface area (Å²) in [7, 11) is 0. The van der Waals surface area contributed by atoms with Gasteiger partial charge in [0.15, 0.2) is 0 Å². The third-order valence-corrected chi connectivity index (χ3v) is 2.46. The number of hydrogen-bond donors (Lipinski definition) is 3. The second-order valence-corrected chi connectivity index (χ2v) is 4.73. The molecule has 0 bridgehead atoms. The Hall–Kier alpha value is -2.41. The maximum Gasteiger partial charge on any atom is 0.338 e. The van der Waals surface area contributed by atoms with E-state index in [9.17, 15) is 14.4 Å². The molecule has 0 aliphatic carbocycles. The first-order valence-electron chi connectivity index (χ1n) is 6.39. The van der Waals surface area contributed by atoms with Crippen LogP contribution in [0.4, 0.5) is 5.69 Å². The summed E-state index contributed by atoms with van der Waals surface area (Å²) in [5.41, 5.74) is 6.21. The summed E-state index contributed by atoms with van der Waals surface area (Å²) in [6.45, 7) is 3.49. The number of carbonyl (C=O) groups excluding carboxylic acids is 2. The molecule has 0 spiro atoms. The van der Waals surface area contributed by atoms with E-state index in [2.05, 4.69) is 5.32 Å². The van der Waals surface area contributed by atoms with Crippen LogP contribution in [0.2, 0.25) is 0 Å². The molecule has 1 unspecified atom stereocenters. The Labute approximate surface area is 122 Å². The molecule has 7 heteroatoms. The van der Waals surface area contributed by atoms with Gasteiger partial charge in [-0.15, -0.1) is 0 Å². The van der Waals surface area contributed by atoms with Crippen molar-refractivity contribution in [3.8, 4) is 0 Å². The maximum atomic E-state index is 11.6. The molecule has 0 aliphatic heterocycles. The average Bonchev–Trinajstić information content (AvgIpc) is 2.37. The molecule has 114 valence electrons. The zero-order chi connectivity index (χ0) is 16.0. The van der Waals surface area contributed by atoms with Gasteiger partial charge in [-0.3, -0.25) is 9.59 Å². The van der Waals surface area contributed by atoms with Crippen LogP contribution in [0.1, 0.15) is 30.6 Å². The van der Waals surface area contributed by atoms with Crippen molar-refractivity contribution >= 4 is 23.5 Å². The van der Waals surface area contributed by atoms with Gasteiger partial charge in [0.25, 0.3) is 0 Å². The predicted molar refractivity (Wildman–Crippen MR) is 75.9 cm³/mol. The number of benzene rings is 1. The van der Waals surface area contributed by atoms with E-state index in [4.69, 9.17) is 15.6 Å². The molecule has 0 aromatic heterocycles. The van der Waals surface area contributed by atoms with Gasteiger partial charge in [-0.25, -0.2) is 4.79 Å². The second kappa shape index (κ2) is 7.39. The highest BCUT2D eigenvalue weighted by atomic mass is 16.5. The van der Waals surface area contributed by atoms with E-state index in [1.807, 2.05) is 0 Å². The van der Waals surface area contributed by atoms with Crippen molar-refractivity contribution in [1.82, 2.24) is 0 Å². The van der Waals surface area contributed by atoms with Crippen molar-refractivity contribution in [1.29, 1.82) is 0 Å². The average molecular weight is 294 g/mol. The van der Waals surface area contributed by atoms with Crippen LogP contribution >= 0.6 is 0 Å². The molecule has 7 nitrogen and oxygen atoms in total. The van der Waals surface area contributed by atoms with Crippen molar-refractivity contribution in [2.45, 2.75) is 32.4 Å². The summed E-state index contributed by atoms with van der Waals surface area (Å²) in [6.07, 6.45) is -0.671. The fourth-order valence-corrected chi connectivity index (χ4v) is 1.49. The van der Waals surface area contributed by atoms with Crippen molar-refractivity contribution in [3.63, 3.8) is 0 Å². The van der Waals surface area contributed by atoms with Crippen LogP contribution in [-0.2, 0) is 14.3 Å². The number of amides is 1. The van der Waals surface area contributed by atoms with Gasteiger partial charge < -0.3 is 20.9 Å². The molecule has 1 aromatic carbocycles. The molecule has 1 amide bonds. The third kappa shape index (κ3) is 5.62. The summed E-state index contributed by atoms with van der Waals surface area (Å²) in [5.74, 6) is -2.20. The lowest BCUT2D eigenvalue weighted by Gasteiger charge is -2.11. The number of hydrogen-bond acceptors (Lipinski definition) is 5. The topological polar surface area (TPSA) is 119 Å². The van der Waals surface area contributed by atoms with E-state index in [0.717, 1.165) is 0 Å². The lowest BCUT2D eigenvalue weighted by atomic mass is 10.2. The van der Waals surface area contributed by atoms with Gasteiger partial charge in [-0.05, 0) is 38.1 Å². The molecular formula is C14H18N2O5. The number of carbonyl (C=O) groups is 3. The number of anilines is 1. The number of carboxylic acid groups (broad SMARTS) is 1. The molecule has 4 N–H and O–H groups in total. The molecule has 1 aromatic rings. The van der Waals surface area contributed by atoms with E-state index < -0.39 is 30.3 Å². The van der Waals surface area contributed by atoms with Crippen LogP contribution in [0.5, 0.6) is 0 Å². The standard InChI is InChI=1S/C14H18N2O5/c1-8(2)21-14(20)9-3-5-10(6-4-9)16-13(19)11(15)7-12(17)18/h3-6,8,11H,7,15H2,1-2H3,(H,16,19)(H,17,18). The quantitative estimate of drug-likeness (QED) is 0.673. The molecule has 21 heavy (non-hydrogen) atoms. The lowest BCUT2D eigenvalue weighted by molar-refractivity contribution is -0.138. The highest BCUT2D eigenvalue weighted by Gasteiger charge is 2.17. The van der Waals surface area contributed by atoms with Gasteiger partial charge in [0.1, 0.15) is 0 Å². The summed E-state index contributed by atoms with van der Waals surface area (Å²) in [5, 5.41) is 11.0. The summed E-state index contributed by atoms with van der Waals surface area (Å²) in [6, 6.07) is 4.91. The minimum absolute atomic E-state index is 0.217. The highest BCUT2D eigenvalue weighted by molar-refractivity contribution is 5.97. The van der Waals surface area contributed by atoms with Crippen molar-refractivity contribution in [3.05, 3.63) is 29.8 Å². The number of nitrogens with one attached hydrogen (secondary N) is 1. The monoisotopic (exact) mass is 294 g/mol. The van der Waals surface area contributed by atoms with Gasteiger partial charge >= 0.3 is 11.9 Å². The fourth-order valence-electron chi connectivity index (χ4n) is 1.49. The van der Waals surface area contributed by atoms with Crippen LogP contribution < -0.4 is 11.1 Å². The number of nitrogens with two attached hydrogens (primary N) is 1. The molecule has 0 fully saturated rings. The summed E-state index contributed by atoms with van der Waals surface area (Å²) < 4.78 is 5.03. The first kappa shape index (κ1) is 16.6. The maximum absolute atomic E-state index is 11.6. The molecule has 0 heterocycles. The number of ether oxygens (including phenoxy) is 1. The number of rotatable bonds is 6. The van der Waals surface area contributed by atoms with Gasteiger partial charge in [0, 0.05) is 5.69 Å². The Balaban J connectivity index is 2.64. The van der Waals surface area contributed by atoms with E-state index in [0.29, 0.717) is 11.3 Å². The minimum atomic E-state index is -1.15. The Morgan fingerprint density at radius 1 is 1.24 bits per heavy atom. The smallest absolute Gasteiger partial charge is 0.338 e. The largest absolute Gasteiger partial charge is 0.481 e. The Kier molecular flexibility index (Phi) is 5.86. The Morgan fingerprint density at radius 2 is 1.81 bits per heavy atom. The van der Waals surface area contributed by atoms with E-state index >= 15 is 0 Å². The summed E-state index contributed by atoms with van der Waals surface area (Å²) in [4.78, 5) is 33.7. The normalized spacial score (nSPS) is 11.8. The van der Waals surface area contributed by atoms with Crippen molar-refractivity contribution < 1.29 is 24.2 Å². The lowest BCUT2D eigenvalue weighted by Crippen LogP contribution is -2.37. The van der Waals surface area contributed by atoms with E-state index in [-0.39, 0.29) is 6.10 Å². The highest BCUT2D eigenvalue weighted by Crippen LogP contribution is 2.12. The van der Waals surface area contributed by atoms with E-state index in [1.165, 1.54) is 24.3 Å². The molecular weight excluding hydrogens is 276 g/mol. The van der Waals surface area contributed by atoms with Crippen LogP contribution in [0, 0.1) is 0 Å². The zero-order valence-electron chi connectivity index (χ0n) is 11.8. The minimum Gasteiger partial charge on any atom is -0.481 e. The molecule has 1 rings (SSSR count). The van der Waals surface area contributed by atoms with E-state index in [1.54, 1.807) is 13.8 Å². The molecule has 0 saturated heterocycles. The fraction of sp³-hybridized carbons (Fsp3) is 0.357. The molecule has 0 radical (unpaired) electrons. The molecule has 0 saturated carbocycles. The zero-order valence-corrected chi connectivity index (χ0v) is 11.8. The molecule has 1 atom stereocenters. The van der Waals surface area contributed by atoms with Crippen LogP contribution in [-0.4, -0.2) is 35.1 Å². The number of esters is 1. The van der Waals surface area contributed by atoms with Crippen LogP contribution in [0.3, 0.4) is 0 Å². The van der Waals surface area contributed by atoms with Crippen LogP contribution in [0.25, 0.3) is 0 Å². The number of carboxylic acids is 1. The van der Waals surface area contributed by atoms with Gasteiger partial charge in [0.2, 0.25) is 5.91 Å². The Bertz CT molecular complexity index is 525. The van der Waals surface area contributed by atoms with Gasteiger partial charge in [-0.2, -0.15) is 0 Å². The Morgan fingerprint density at radius 3 is 2.29 bits per heavy atom. The second-order valence-electron chi connectivity index (χ2n) is 4.73.